The SMILES string of the molecule is Cc1cccc(S(=O)(=O)Nc2cc(C)c(Oc3ccc(O)c(C(C)C)c3)c(C)c2)c1. The van der Waals surface area contributed by atoms with Gasteiger partial charge in [0.2, 0.25) is 0 Å². The maximum atomic E-state index is 12.7. The number of anilines is 1. The van der Waals surface area contributed by atoms with Crippen LogP contribution in [-0.4, -0.2) is 13.5 Å². The Morgan fingerprint density at radius 2 is 1.60 bits per heavy atom. The Bertz CT molecular complexity index is 1160. The van der Waals surface area contributed by atoms with Gasteiger partial charge in [0.25, 0.3) is 10.0 Å². The van der Waals surface area contributed by atoms with Gasteiger partial charge in [-0.2, -0.15) is 0 Å². The lowest BCUT2D eigenvalue weighted by molar-refractivity contribution is 0.452. The van der Waals surface area contributed by atoms with E-state index in [2.05, 4.69) is 4.72 Å². The Balaban J connectivity index is 1.88. The van der Waals surface area contributed by atoms with Gasteiger partial charge in [0.15, 0.2) is 0 Å². The fourth-order valence-corrected chi connectivity index (χ4v) is 4.49. The van der Waals surface area contributed by atoms with Crippen molar-refractivity contribution in [2.45, 2.75) is 45.4 Å². The molecule has 0 aromatic heterocycles. The molecule has 5 nitrogen and oxygen atoms in total. The Labute approximate surface area is 178 Å². The molecule has 3 aromatic carbocycles. The largest absolute Gasteiger partial charge is 0.508 e. The van der Waals surface area contributed by atoms with E-state index in [0.29, 0.717) is 17.2 Å². The van der Waals surface area contributed by atoms with Crippen LogP contribution in [0.25, 0.3) is 0 Å². The summed E-state index contributed by atoms with van der Waals surface area (Å²) in [5.74, 6) is 1.69. The summed E-state index contributed by atoms with van der Waals surface area (Å²) in [5, 5.41) is 10.0. The Morgan fingerprint density at radius 1 is 0.933 bits per heavy atom. The standard InChI is InChI=1S/C24H27NO4S/c1-15(2)22-14-20(9-10-23(22)26)29-24-17(4)12-19(13-18(24)5)25-30(27,28)21-8-6-7-16(3)11-21/h6-15,25-26H,1-5H3. The lowest BCUT2D eigenvalue weighted by Gasteiger charge is -2.16. The van der Waals surface area contributed by atoms with E-state index in [4.69, 9.17) is 4.74 Å². The topological polar surface area (TPSA) is 75.6 Å². The van der Waals surface area contributed by atoms with Crippen molar-refractivity contribution in [3.63, 3.8) is 0 Å². The molecule has 2 N–H and O–H groups in total. The van der Waals surface area contributed by atoms with Gasteiger partial charge in [0.05, 0.1) is 4.90 Å². The van der Waals surface area contributed by atoms with E-state index in [-0.39, 0.29) is 16.6 Å². The zero-order valence-electron chi connectivity index (χ0n) is 17.9. The second kappa shape index (κ2) is 8.40. The molecule has 0 aliphatic carbocycles. The Hall–Kier alpha value is -2.99. The number of phenols is 1. The summed E-state index contributed by atoms with van der Waals surface area (Å²) >= 11 is 0. The highest BCUT2D eigenvalue weighted by atomic mass is 32.2. The predicted molar refractivity (Wildman–Crippen MR) is 120 cm³/mol. The third kappa shape index (κ3) is 4.76. The molecule has 0 radical (unpaired) electrons. The van der Waals surface area contributed by atoms with Gasteiger partial charge < -0.3 is 9.84 Å². The first-order valence-electron chi connectivity index (χ1n) is 9.78. The molecule has 0 bridgehead atoms. The Kier molecular flexibility index (Phi) is 6.08. The van der Waals surface area contributed by atoms with Crippen molar-refractivity contribution in [2.24, 2.45) is 0 Å². The van der Waals surface area contributed by atoms with Crippen molar-refractivity contribution in [3.8, 4) is 17.2 Å². The molecule has 0 aliphatic rings. The van der Waals surface area contributed by atoms with Crippen molar-refractivity contribution >= 4 is 15.7 Å². The molecule has 0 amide bonds. The van der Waals surface area contributed by atoms with E-state index in [9.17, 15) is 13.5 Å². The lowest BCUT2D eigenvalue weighted by Crippen LogP contribution is -2.13. The highest BCUT2D eigenvalue weighted by Gasteiger charge is 2.17. The van der Waals surface area contributed by atoms with Gasteiger partial charge in [-0.25, -0.2) is 8.42 Å². The van der Waals surface area contributed by atoms with Gasteiger partial charge in [-0.3, -0.25) is 4.72 Å². The smallest absolute Gasteiger partial charge is 0.261 e. The highest BCUT2D eigenvalue weighted by Crippen LogP contribution is 2.35. The van der Waals surface area contributed by atoms with Gasteiger partial charge in [-0.15, -0.1) is 0 Å². The number of sulfonamides is 1. The number of hydrogen-bond donors (Lipinski definition) is 2. The first-order chi connectivity index (χ1) is 14.1. The molecule has 0 saturated heterocycles. The summed E-state index contributed by atoms with van der Waals surface area (Å²) in [7, 11) is -3.68. The summed E-state index contributed by atoms with van der Waals surface area (Å²) in [6, 6.07) is 15.5. The van der Waals surface area contributed by atoms with E-state index in [1.807, 2.05) is 46.8 Å². The van der Waals surface area contributed by atoms with E-state index in [0.717, 1.165) is 22.3 Å². The van der Waals surface area contributed by atoms with Crippen molar-refractivity contribution in [2.75, 3.05) is 4.72 Å². The van der Waals surface area contributed by atoms with Gasteiger partial charge in [-0.05, 0) is 85.8 Å². The average Bonchev–Trinajstić information content (AvgIpc) is 2.65. The van der Waals surface area contributed by atoms with Crippen molar-refractivity contribution in [1.82, 2.24) is 0 Å². The molecule has 0 atom stereocenters. The Morgan fingerprint density at radius 3 is 2.20 bits per heavy atom. The number of rotatable bonds is 6. The molecule has 0 unspecified atom stereocenters. The average molecular weight is 426 g/mol. The van der Waals surface area contributed by atoms with Crippen LogP contribution in [0.15, 0.2) is 59.5 Å². The van der Waals surface area contributed by atoms with E-state index >= 15 is 0 Å². The minimum Gasteiger partial charge on any atom is -0.508 e. The predicted octanol–water partition coefficient (Wildman–Crippen LogP) is 6.03. The van der Waals surface area contributed by atoms with E-state index in [1.165, 1.54) is 0 Å². The van der Waals surface area contributed by atoms with Crippen molar-refractivity contribution < 1.29 is 18.3 Å². The van der Waals surface area contributed by atoms with Crippen molar-refractivity contribution in [3.05, 3.63) is 76.9 Å². The summed E-state index contributed by atoms with van der Waals surface area (Å²) in [4.78, 5) is 0.225. The maximum Gasteiger partial charge on any atom is 0.261 e. The fraction of sp³-hybridized carbons (Fsp3) is 0.250. The van der Waals surface area contributed by atoms with Gasteiger partial charge in [-0.1, -0.05) is 26.0 Å². The second-order valence-corrected chi connectivity index (χ2v) is 9.52. The van der Waals surface area contributed by atoms with Crippen LogP contribution in [0.1, 0.15) is 42.0 Å². The first kappa shape index (κ1) is 21.7. The van der Waals surface area contributed by atoms with Crippen LogP contribution < -0.4 is 9.46 Å². The molecule has 0 aliphatic heterocycles. The molecule has 0 fully saturated rings. The van der Waals surface area contributed by atoms with E-state index in [1.54, 1.807) is 42.5 Å². The monoisotopic (exact) mass is 425 g/mol. The van der Waals surface area contributed by atoms with Gasteiger partial charge in [0.1, 0.15) is 17.2 Å². The van der Waals surface area contributed by atoms with Gasteiger partial charge in [0, 0.05) is 11.3 Å². The van der Waals surface area contributed by atoms with Crippen LogP contribution in [0.4, 0.5) is 5.69 Å². The fourth-order valence-electron chi connectivity index (χ4n) is 3.34. The normalized spacial score (nSPS) is 11.5. The molecule has 6 heteroatoms. The molecular formula is C24H27NO4S. The summed E-state index contributed by atoms with van der Waals surface area (Å²) in [6.45, 7) is 9.61. The maximum absolute atomic E-state index is 12.7. The molecule has 0 saturated carbocycles. The summed E-state index contributed by atoms with van der Waals surface area (Å²) in [5.41, 5.74) is 3.77. The number of nitrogens with one attached hydrogen (secondary N) is 1. The molecule has 0 spiro atoms. The summed E-state index contributed by atoms with van der Waals surface area (Å²) < 4.78 is 34.2. The summed E-state index contributed by atoms with van der Waals surface area (Å²) in [6.07, 6.45) is 0. The first-order valence-corrected chi connectivity index (χ1v) is 11.3. The third-order valence-corrected chi connectivity index (χ3v) is 6.23. The van der Waals surface area contributed by atoms with Crippen molar-refractivity contribution in [1.29, 1.82) is 0 Å². The van der Waals surface area contributed by atoms with Crippen LogP contribution >= 0.6 is 0 Å². The lowest BCUT2D eigenvalue weighted by atomic mass is 10.0. The van der Waals surface area contributed by atoms with Crippen LogP contribution in [0.3, 0.4) is 0 Å². The molecule has 158 valence electrons. The molecule has 30 heavy (non-hydrogen) atoms. The second-order valence-electron chi connectivity index (χ2n) is 7.84. The molecular weight excluding hydrogens is 398 g/mol. The highest BCUT2D eigenvalue weighted by molar-refractivity contribution is 7.92. The minimum absolute atomic E-state index is 0.161. The van der Waals surface area contributed by atoms with E-state index < -0.39 is 10.0 Å². The molecule has 3 rings (SSSR count). The van der Waals surface area contributed by atoms with Crippen LogP contribution in [0.2, 0.25) is 0 Å². The number of hydrogen-bond acceptors (Lipinski definition) is 4. The number of aryl methyl sites for hydroxylation is 3. The third-order valence-electron chi connectivity index (χ3n) is 4.85. The van der Waals surface area contributed by atoms with Crippen LogP contribution in [0, 0.1) is 20.8 Å². The minimum atomic E-state index is -3.68. The number of ether oxygens (including phenoxy) is 1. The van der Waals surface area contributed by atoms with Crippen LogP contribution in [0.5, 0.6) is 17.2 Å². The zero-order chi connectivity index (χ0) is 22.1. The zero-order valence-corrected chi connectivity index (χ0v) is 18.7. The number of phenolic OH excluding ortho intramolecular Hbond substituents is 1. The number of aromatic hydroxyl groups is 1. The van der Waals surface area contributed by atoms with Crippen LogP contribution in [-0.2, 0) is 10.0 Å². The number of benzene rings is 3. The quantitative estimate of drug-likeness (QED) is 0.505. The molecule has 3 aromatic rings. The molecule has 0 heterocycles. The van der Waals surface area contributed by atoms with Gasteiger partial charge >= 0.3 is 0 Å².